The number of allylic oxidation sites excluding steroid dienone is 1. The summed E-state index contributed by atoms with van der Waals surface area (Å²) in [5, 5.41) is 0. The minimum absolute atomic E-state index is 0.508. The van der Waals surface area contributed by atoms with Gasteiger partial charge in [0.1, 0.15) is 0 Å². The standard InChI is InChI=1S/C31H50N2O/c1-5-11-20(2)26-14-8-9-19-32(26)22(4)30-25-18-17-24-23-13-6-7-16-28(23)34-31(24)29(25)27-15-10-12-21(3)33(27)30/h6,13,21-31H,2,5,7-12,14-19H2,1,3-4H3/t21?,22?,23?,24?,25?,26?,27?,28?,29?,30?,31-/m1/s1. The summed E-state index contributed by atoms with van der Waals surface area (Å²) >= 11 is 0. The predicted molar refractivity (Wildman–Crippen MR) is 141 cm³/mol. The average Bonchev–Trinajstić information content (AvgIpc) is 3.40. The minimum atomic E-state index is 0.508. The summed E-state index contributed by atoms with van der Waals surface area (Å²) in [6.45, 7) is 13.3. The van der Waals surface area contributed by atoms with Gasteiger partial charge in [0, 0.05) is 42.0 Å². The van der Waals surface area contributed by atoms with E-state index in [4.69, 9.17) is 4.74 Å². The molecule has 5 fully saturated rings. The Bertz CT molecular complexity index is 777. The molecule has 0 aromatic carbocycles. The lowest BCUT2D eigenvalue weighted by atomic mass is 9.65. The Morgan fingerprint density at radius 3 is 2.76 bits per heavy atom. The Morgan fingerprint density at radius 2 is 1.91 bits per heavy atom. The Hall–Kier alpha value is -0.640. The highest BCUT2D eigenvalue weighted by Crippen LogP contribution is 2.57. The average molecular weight is 467 g/mol. The van der Waals surface area contributed by atoms with Crippen molar-refractivity contribution in [2.75, 3.05) is 6.54 Å². The molecule has 2 aliphatic carbocycles. The van der Waals surface area contributed by atoms with Crippen LogP contribution in [-0.4, -0.2) is 58.8 Å². The molecule has 10 unspecified atom stereocenters. The molecule has 6 aliphatic rings. The van der Waals surface area contributed by atoms with Crippen LogP contribution in [0.5, 0.6) is 0 Å². The number of fused-ring (bicyclic) bond motifs is 7. The van der Waals surface area contributed by atoms with Crippen molar-refractivity contribution in [1.82, 2.24) is 9.80 Å². The highest BCUT2D eigenvalue weighted by atomic mass is 16.5. The summed E-state index contributed by atoms with van der Waals surface area (Å²) < 4.78 is 7.03. The minimum Gasteiger partial charge on any atom is -0.374 e. The van der Waals surface area contributed by atoms with Crippen LogP contribution in [0.2, 0.25) is 0 Å². The first-order valence-corrected chi connectivity index (χ1v) is 15.1. The zero-order chi connectivity index (χ0) is 23.4. The molecule has 4 saturated heterocycles. The van der Waals surface area contributed by atoms with Gasteiger partial charge in [0.15, 0.2) is 0 Å². The summed E-state index contributed by atoms with van der Waals surface area (Å²) in [4.78, 5) is 6.00. The molecule has 0 aromatic heterocycles. The second-order valence-electron chi connectivity index (χ2n) is 12.9. The number of rotatable bonds is 5. The van der Waals surface area contributed by atoms with E-state index in [0.717, 1.165) is 29.8 Å². The van der Waals surface area contributed by atoms with Crippen LogP contribution >= 0.6 is 0 Å². The number of hydrogen-bond donors (Lipinski definition) is 0. The van der Waals surface area contributed by atoms with E-state index >= 15 is 0 Å². The van der Waals surface area contributed by atoms with Crippen LogP contribution in [0.25, 0.3) is 0 Å². The molecule has 0 spiro atoms. The lowest BCUT2D eigenvalue weighted by Gasteiger charge is -2.49. The largest absolute Gasteiger partial charge is 0.374 e. The molecule has 34 heavy (non-hydrogen) atoms. The van der Waals surface area contributed by atoms with Gasteiger partial charge in [-0.25, -0.2) is 0 Å². The highest BCUT2D eigenvalue weighted by molar-refractivity contribution is 5.17. The second-order valence-corrected chi connectivity index (χ2v) is 12.9. The van der Waals surface area contributed by atoms with Gasteiger partial charge < -0.3 is 4.74 Å². The zero-order valence-electron chi connectivity index (χ0n) is 22.2. The van der Waals surface area contributed by atoms with Gasteiger partial charge in [-0.15, -0.1) is 0 Å². The maximum Gasteiger partial charge on any atom is 0.0660 e. The van der Waals surface area contributed by atoms with Gasteiger partial charge in [0.25, 0.3) is 0 Å². The highest BCUT2D eigenvalue weighted by Gasteiger charge is 2.62. The molecular weight excluding hydrogens is 416 g/mol. The monoisotopic (exact) mass is 466 g/mol. The van der Waals surface area contributed by atoms with E-state index in [9.17, 15) is 0 Å². The summed E-state index contributed by atoms with van der Waals surface area (Å²) in [6.07, 6.45) is 22.0. The third-order valence-corrected chi connectivity index (χ3v) is 11.2. The Balaban J connectivity index is 1.31. The molecule has 4 heterocycles. The van der Waals surface area contributed by atoms with Crippen molar-refractivity contribution in [1.29, 1.82) is 0 Å². The van der Waals surface area contributed by atoms with Crippen molar-refractivity contribution >= 4 is 0 Å². The van der Waals surface area contributed by atoms with Crippen LogP contribution in [0.1, 0.15) is 97.8 Å². The van der Waals surface area contributed by atoms with Crippen molar-refractivity contribution in [2.45, 2.75) is 140 Å². The van der Waals surface area contributed by atoms with E-state index in [1.54, 1.807) is 0 Å². The third kappa shape index (κ3) is 3.79. The van der Waals surface area contributed by atoms with E-state index in [-0.39, 0.29) is 0 Å². The van der Waals surface area contributed by atoms with Gasteiger partial charge in [0.2, 0.25) is 0 Å². The molecule has 0 amide bonds. The zero-order valence-corrected chi connectivity index (χ0v) is 22.2. The molecule has 0 aromatic rings. The number of ether oxygens (including phenoxy) is 1. The molecule has 190 valence electrons. The van der Waals surface area contributed by atoms with Crippen molar-refractivity contribution in [3.8, 4) is 0 Å². The molecule has 6 rings (SSSR count). The Kier molecular flexibility index (Phi) is 6.75. The van der Waals surface area contributed by atoms with Crippen molar-refractivity contribution in [2.24, 2.45) is 23.7 Å². The summed E-state index contributed by atoms with van der Waals surface area (Å²) in [5.74, 6) is 3.06. The van der Waals surface area contributed by atoms with Crippen molar-refractivity contribution in [3.05, 3.63) is 24.3 Å². The van der Waals surface area contributed by atoms with Crippen molar-refractivity contribution in [3.63, 3.8) is 0 Å². The van der Waals surface area contributed by atoms with Crippen LogP contribution in [0.3, 0.4) is 0 Å². The second kappa shape index (κ2) is 9.67. The van der Waals surface area contributed by atoms with E-state index in [1.165, 1.54) is 89.2 Å². The van der Waals surface area contributed by atoms with E-state index in [2.05, 4.69) is 49.3 Å². The number of likely N-dealkylation sites (tertiary alicyclic amines) is 1. The molecule has 0 radical (unpaired) electrons. The summed E-state index contributed by atoms with van der Waals surface area (Å²) in [6, 6.07) is 3.40. The fourth-order valence-corrected chi connectivity index (χ4v) is 9.93. The molecule has 3 nitrogen and oxygen atoms in total. The van der Waals surface area contributed by atoms with Crippen LogP contribution in [0.15, 0.2) is 24.3 Å². The topological polar surface area (TPSA) is 15.7 Å². The molecule has 11 atom stereocenters. The molecule has 0 N–H and O–H groups in total. The molecule has 1 saturated carbocycles. The summed E-state index contributed by atoms with van der Waals surface area (Å²) in [7, 11) is 0. The lowest BCUT2D eigenvalue weighted by molar-refractivity contribution is -0.0459. The first kappa shape index (κ1) is 23.7. The third-order valence-electron chi connectivity index (χ3n) is 11.2. The van der Waals surface area contributed by atoms with Crippen LogP contribution in [-0.2, 0) is 4.74 Å². The van der Waals surface area contributed by atoms with Gasteiger partial charge in [-0.2, -0.15) is 0 Å². The fraction of sp³-hybridized carbons (Fsp3) is 0.871. The summed E-state index contributed by atoms with van der Waals surface area (Å²) in [5.41, 5.74) is 1.51. The van der Waals surface area contributed by atoms with Gasteiger partial charge >= 0.3 is 0 Å². The number of piperidine rings is 2. The smallest absolute Gasteiger partial charge is 0.0660 e. The molecular formula is C31H50N2O. The molecule has 3 heteroatoms. The SMILES string of the molecule is C=C(CCC)C1CCCCN1C(C)C1C2CCC3C4C=CCCC4O[C@H]3C2C2CCCC(C)N21. The quantitative estimate of drug-likeness (QED) is 0.425. The first-order valence-electron chi connectivity index (χ1n) is 15.1. The predicted octanol–water partition coefficient (Wildman–Crippen LogP) is 6.59. The van der Waals surface area contributed by atoms with Gasteiger partial charge in [-0.3, -0.25) is 9.80 Å². The molecule has 0 bridgehead atoms. The van der Waals surface area contributed by atoms with Gasteiger partial charge in [-0.1, -0.05) is 50.5 Å². The normalized spacial score (nSPS) is 47.5. The Labute approximate surface area is 209 Å². The van der Waals surface area contributed by atoms with Crippen LogP contribution < -0.4 is 0 Å². The fourth-order valence-electron chi connectivity index (χ4n) is 9.93. The van der Waals surface area contributed by atoms with E-state index in [0.29, 0.717) is 36.3 Å². The van der Waals surface area contributed by atoms with Crippen molar-refractivity contribution < 1.29 is 4.74 Å². The maximum absolute atomic E-state index is 7.03. The maximum atomic E-state index is 7.03. The van der Waals surface area contributed by atoms with Crippen LogP contribution in [0.4, 0.5) is 0 Å². The van der Waals surface area contributed by atoms with Gasteiger partial charge in [0.05, 0.1) is 12.2 Å². The molecule has 4 aliphatic heterocycles. The van der Waals surface area contributed by atoms with E-state index in [1.807, 2.05) is 0 Å². The van der Waals surface area contributed by atoms with E-state index < -0.39 is 0 Å². The van der Waals surface area contributed by atoms with Gasteiger partial charge in [-0.05, 0) is 90.0 Å². The Morgan fingerprint density at radius 1 is 1.06 bits per heavy atom. The van der Waals surface area contributed by atoms with Crippen LogP contribution in [0, 0.1) is 23.7 Å². The number of nitrogens with zero attached hydrogens (tertiary/aromatic N) is 2. The lowest BCUT2D eigenvalue weighted by Crippen LogP contribution is -2.58. The number of hydrogen-bond acceptors (Lipinski definition) is 3. The first-order chi connectivity index (χ1) is 16.6.